The molecule has 124 valence electrons. The summed E-state index contributed by atoms with van der Waals surface area (Å²) in [5.41, 5.74) is 3.07. The molecule has 0 saturated carbocycles. The summed E-state index contributed by atoms with van der Waals surface area (Å²) in [6, 6.07) is 2.61. The summed E-state index contributed by atoms with van der Waals surface area (Å²) in [6.07, 6.45) is 1.69. The molecule has 0 radical (unpaired) electrons. The van der Waals surface area contributed by atoms with Crippen LogP contribution < -0.4 is 4.90 Å². The van der Waals surface area contributed by atoms with Gasteiger partial charge < -0.3 is 9.64 Å². The second kappa shape index (κ2) is 5.72. The molecule has 0 unspecified atom stereocenters. The van der Waals surface area contributed by atoms with Gasteiger partial charge in [-0.05, 0) is 19.0 Å². The Bertz CT molecular complexity index is 699. The SMILES string of the molecule is CC(C)c1cc(N2C[C@@H]3COC[C@H](C2)N(C)C3)c2nncn2n1. The summed E-state index contributed by atoms with van der Waals surface area (Å²) in [7, 11) is 2.20. The van der Waals surface area contributed by atoms with Crippen LogP contribution in [0.4, 0.5) is 5.69 Å². The molecule has 4 heterocycles. The monoisotopic (exact) mass is 316 g/mol. The van der Waals surface area contributed by atoms with Gasteiger partial charge in [-0.1, -0.05) is 13.8 Å². The van der Waals surface area contributed by atoms with Gasteiger partial charge in [-0.25, -0.2) is 0 Å². The first kappa shape index (κ1) is 14.8. The van der Waals surface area contributed by atoms with E-state index in [2.05, 4.69) is 52.1 Å². The lowest BCUT2D eigenvalue weighted by molar-refractivity contribution is 0.0931. The molecule has 2 atom stereocenters. The number of hydrogen-bond acceptors (Lipinski definition) is 6. The van der Waals surface area contributed by atoms with Gasteiger partial charge in [0.1, 0.15) is 6.33 Å². The van der Waals surface area contributed by atoms with Crippen LogP contribution in [0.2, 0.25) is 0 Å². The summed E-state index contributed by atoms with van der Waals surface area (Å²) in [6.45, 7) is 9.01. The molecule has 0 N–H and O–H groups in total. The van der Waals surface area contributed by atoms with Crippen molar-refractivity contribution in [1.82, 2.24) is 24.7 Å². The molecule has 2 saturated heterocycles. The fourth-order valence-corrected chi connectivity index (χ4v) is 3.59. The van der Waals surface area contributed by atoms with Crippen LogP contribution in [0.1, 0.15) is 25.5 Å². The lowest BCUT2D eigenvalue weighted by Crippen LogP contribution is -2.42. The van der Waals surface area contributed by atoms with Crippen LogP contribution >= 0.6 is 0 Å². The Morgan fingerprint density at radius 2 is 2.09 bits per heavy atom. The minimum Gasteiger partial charge on any atom is -0.379 e. The van der Waals surface area contributed by atoms with E-state index < -0.39 is 0 Å². The summed E-state index contributed by atoms with van der Waals surface area (Å²) >= 11 is 0. The smallest absolute Gasteiger partial charge is 0.200 e. The van der Waals surface area contributed by atoms with Crippen LogP contribution in [0.3, 0.4) is 0 Å². The number of likely N-dealkylation sites (N-methyl/N-ethyl adjacent to an activating group) is 1. The number of aromatic nitrogens is 4. The summed E-state index contributed by atoms with van der Waals surface area (Å²) in [5, 5.41) is 13.0. The molecule has 2 aliphatic heterocycles. The molecule has 2 fully saturated rings. The molecule has 2 bridgehead atoms. The van der Waals surface area contributed by atoms with Crippen molar-refractivity contribution in [2.75, 3.05) is 44.8 Å². The van der Waals surface area contributed by atoms with Crippen molar-refractivity contribution in [3.8, 4) is 0 Å². The zero-order chi connectivity index (χ0) is 16.0. The molecule has 0 aromatic carbocycles. The van der Waals surface area contributed by atoms with E-state index in [9.17, 15) is 0 Å². The minimum atomic E-state index is 0.373. The molecule has 7 heteroatoms. The van der Waals surface area contributed by atoms with Crippen molar-refractivity contribution in [1.29, 1.82) is 0 Å². The summed E-state index contributed by atoms with van der Waals surface area (Å²) < 4.78 is 7.65. The fourth-order valence-electron chi connectivity index (χ4n) is 3.59. The second-order valence-electron chi connectivity index (χ2n) is 7.11. The molecule has 2 aromatic rings. The van der Waals surface area contributed by atoms with E-state index in [1.54, 1.807) is 6.33 Å². The highest BCUT2D eigenvalue weighted by atomic mass is 16.5. The van der Waals surface area contributed by atoms with Crippen LogP contribution in [0.25, 0.3) is 5.65 Å². The average molecular weight is 316 g/mol. The Kier molecular flexibility index (Phi) is 3.69. The molecule has 23 heavy (non-hydrogen) atoms. The van der Waals surface area contributed by atoms with Gasteiger partial charge in [0.2, 0.25) is 5.65 Å². The van der Waals surface area contributed by atoms with Crippen LogP contribution in [0, 0.1) is 5.92 Å². The van der Waals surface area contributed by atoms with Crippen molar-refractivity contribution in [3.63, 3.8) is 0 Å². The normalized spacial score (nSPS) is 26.0. The van der Waals surface area contributed by atoms with Crippen molar-refractivity contribution in [2.45, 2.75) is 25.8 Å². The van der Waals surface area contributed by atoms with Gasteiger partial charge in [-0.15, -0.1) is 10.2 Å². The highest BCUT2D eigenvalue weighted by molar-refractivity contribution is 5.68. The van der Waals surface area contributed by atoms with Crippen molar-refractivity contribution in [2.24, 2.45) is 5.92 Å². The van der Waals surface area contributed by atoms with Crippen molar-refractivity contribution < 1.29 is 4.74 Å². The van der Waals surface area contributed by atoms with E-state index >= 15 is 0 Å². The van der Waals surface area contributed by atoms with E-state index in [-0.39, 0.29) is 0 Å². The van der Waals surface area contributed by atoms with E-state index in [0.717, 1.165) is 49.9 Å². The van der Waals surface area contributed by atoms with E-state index in [4.69, 9.17) is 4.74 Å². The third-order valence-electron chi connectivity index (χ3n) is 4.94. The van der Waals surface area contributed by atoms with Gasteiger partial charge in [-0.3, -0.25) is 4.90 Å². The molecule has 4 rings (SSSR count). The van der Waals surface area contributed by atoms with Crippen molar-refractivity contribution in [3.05, 3.63) is 18.1 Å². The lowest BCUT2D eigenvalue weighted by atomic mass is 10.1. The minimum absolute atomic E-state index is 0.373. The molecule has 0 aliphatic carbocycles. The number of rotatable bonds is 2. The summed E-state index contributed by atoms with van der Waals surface area (Å²) in [5.74, 6) is 0.893. The van der Waals surface area contributed by atoms with Gasteiger partial charge >= 0.3 is 0 Å². The predicted octanol–water partition coefficient (Wildman–Crippen LogP) is 1.01. The number of nitrogens with zero attached hydrogens (tertiary/aromatic N) is 6. The third kappa shape index (κ3) is 2.68. The highest BCUT2D eigenvalue weighted by Gasteiger charge is 2.32. The third-order valence-corrected chi connectivity index (χ3v) is 4.94. The maximum Gasteiger partial charge on any atom is 0.200 e. The van der Waals surface area contributed by atoms with Crippen LogP contribution in [-0.2, 0) is 4.74 Å². The molecule has 7 nitrogen and oxygen atoms in total. The topological polar surface area (TPSA) is 58.8 Å². The molecule has 0 amide bonds. The second-order valence-corrected chi connectivity index (χ2v) is 7.11. The number of ether oxygens (including phenoxy) is 1. The molecule has 0 spiro atoms. The maximum absolute atomic E-state index is 5.84. The quantitative estimate of drug-likeness (QED) is 0.824. The molecule has 2 aromatic heterocycles. The first-order valence-corrected chi connectivity index (χ1v) is 8.35. The average Bonchev–Trinajstić information content (AvgIpc) is 2.83. The first-order chi connectivity index (χ1) is 11.1. The first-order valence-electron chi connectivity index (χ1n) is 8.35. The Balaban J connectivity index is 1.77. The van der Waals surface area contributed by atoms with E-state index in [1.165, 1.54) is 0 Å². The molecular weight excluding hydrogens is 292 g/mol. The van der Waals surface area contributed by atoms with Gasteiger partial charge in [-0.2, -0.15) is 9.61 Å². The summed E-state index contributed by atoms with van der Waals surface area (Å²) in [4.78, 5) is 4.89. The Hall–Kier alpha value is -1.73. The Labute approximate surface area is 136 Å². The number of fused-ring (bicyclic) bond motifs is 4. The zero-order valence-corrected chi connectivity index (χ0v) is 14.0. The van der Waals surface area contributed by atoms with Crippen LogP contribution in [0.15, 0.2) is 12.4 Å². The van der Waals surface area contributed by atoms with Crippen LogP contribution in [0.5, 0.6) is 0 Å². The molecule has 2 aliphatic rings. The maximum atomic E-state index is 5.84. The van der Waals surface area contributed by atoms with E-state index in [0.29, 0.717) is 17.9 Å². The van der Waals surface area contributed by atoms with Gasteiger partial charge in [0.25, 0.3) is 0 Å². The highest BCUT2D eigenvalue weighted by Crippen LogP contribution is 2.28. The van der Waals surface area contributed by atoms with Gasteiger partial charge in [0, 0.05) is 25.6 Å². The number of hydrogen-bond donors (Lipinski definition) is 0. The Morgan fingerprint density at radius 3 is 2.91 bits per heavy atom. The Morgan fingerprint density at radius 1 is 1.22 bits per heavy atom. The number of anilines is 1. The standard InChI is InChI=1S/C16H24N6O/c1-11(2)14-4-15(16-18-17-10-22(16)19-14)21-6-12-5-20(3)13(7-21)9-23-8-12/h4,10-13H,5-9H2,1-3H3/t12-,13+/m1/s1. The fraction of sp³-hybridized carbons (Fsp3) is 0.688. The van der Waals surface area contributed by atoms with Gasteiger partial charge in [0.15, 0.2) is 0 Å². The lowest BCUT2D eigenvalue weighted by Gasteiger charge is -2.31. The largest absolute Gasteiger partial charge is 0.379 e. The zero-order valence-electron chi connectivity index (χ0n) is 14.0. The van der Waals surface area contributed by atoms with Gasteiger partial charge in [0.05, 0.1) is 30.6 Å². The predicted molar refractivity (Wildman–Crippen MR) is 87.8 cm³/mol. The molecular formula is C16H24N6O. The van der Waals surface area contributed by atoms with E-state index in [1.807, 2.05) is 4.52 Å². The van der Waals surface area contributed by atoms with Crippen LogP contribution in [-0.4, -0.2) is 70.6 Å². The van der Waals surface area contributed by atoms with Crippen molar-refractivity contribution >= 4 is 11.3 Å².